The van der Waals surface area contributed by atoms with Gasteiger partial charge in [-0.1, -0.05) is 49.6 Å². The first-order valence-electron chi connectivity index (χ1n) is 12.2. The van der Waals surface area contributed by atoms with Gasteiger partial charge >= 0.3 is 5.97 Å². The quantitative estimate of drug-likeness (QED) is 0.656. The van der Waals surface area contributed by atoms with Crippen molar-refractivity contribution in [2.45, 2.75) is 77.8 Å². The van der Waals surface area contributed by atoms with Gasteiger partial charge in [0.2, 0.25) is 0 Å². The second-order valence-electron chi connectivity index (χ2n) is 9.27. The zero-order valence-electron chi connectivity index (χ0n) is 19.3. The normalized spacial score (nSPS) is 19.8. The number of carbonyl (C=O) groups is 2. The molecule has 2 aromatic rings. The highest BCUT2D eigenvalue weighted by molar-refractivity contribution is 5.94. The fraction of sp³-hybridized carbons (Fsp3) is 0.577. The Morgan fingerprint density at radius 3 is 2.62 bits per heavy atom. The summed E-state index contributed by atoms with van der Waals surface area (Å²) in [5.41, 5.74) is 3.61. The van der Waals surface area contributed by atoms with E-state index in [4.69, 9.17) is 9.84 Å². The number of fused-ring (bicyclic) bond motifs is 1. The van der Waals surface area contributed by atoms with Crippen molar-refractivity contribution in [3.8, 4) is 0 Å². The average Bonchev–Trinajstić information content (AvgIpc) is 3.18. The summed E-state index contributed by atoms with van der Waals surface area (Å²) in [6, 6.07) is 10.3. The average molecular weight is 438 g/mol. The second kappa shape index (κ2) is 10.3. The molecule has 32 heavy (non-hydrogen) atoms. The third-order valence-electron chi connectivity index (χ3n) is 7.07. The maximum absolute atomic E-state index is 13.3. The Morgan fingerprint density at radius 2 is 1.91 bits per heavy atom. The van der Waals surface area contributed by atoms with E-state index in [2.05, 4.69) is 24.4 Å². The van der Waals surface area contributed by atoms with Crippen LogP contribution in [0.2, 0.25) is 0 Å². The van der Waals surface area contributed by atoms with Crippen LogP contribution in [0.15, 0.2) is 30.3 Å². The van der Waals surface area contributed by atoms with Gasteiger partial charge in [0.15, 0.2) is 5.69 Å². The highest BCUT2D eigenvalue weighted by atomic mass is 16.5. The second-order valence-corrected chi connectivity index (χ2v) is 9.27. The van der Waals surface area contributed by atoms with Crippen LogP contribution < -0.4 is 5.32 Å². The van der Waals surface area contributed by atoms with Crippen LogP contribution in [0.5, 0.6) is 0 Å². The van der Waals surface area contributed by atoms with Crippen LogP contribution in [0.1, 0.15) is 79.7 Å². The molecule has 4 rings (SSSR count). The first kappa shape index (κ1) is 22.6. The Labute approximate surface area is 190 Å². The molecule has 1 N–H and O–H groups in total. The molecular formula is C26H35N3O3. The smallest absolute Gasteiger partial charge is 0.309 e. The van der Waals surface area contributed by atoms with E-state index in [9.17, 15) is 9.59 Å². The number of aromatic nitrogens is 2. The Bertz CT molecular complexity index is 931. The Kier molecular flexibility index (Phi) is 7.28. The van der Waals surface area contributed by atoms with E-state index in [1.165, 1.54) is 32.1 Å². The maximum Gasteiger partial charge on any atom is 0.309 e. The highest BCUT2D eigenvalue weighted by Crippen LogP contribution is 2.31. The molecule has 0 aliphatic heterocycles. The molecule has 0 saturated heterocycles. The minimum absolute atomic E-state index is 0.115. The number of esters is 1. The molecular weight excluding hydrogens is 402 g/mol. The maximum atomic E-state index is 13.3. The molecule has 1 amide bonds. The first-order valence-corrected chi connectivity index (χ1v) is 12.2. The molecule has 0 bridgehead atoms. The highest BCUT2D eigenvalue weighted by Gasteiger charge is 2.33. The first-order chi connectivity index (χ1) is 15.6. The summed E-state index contributed by atoms with van der Waals surface area (Å²) in [6.07, 6.45) is 8.10. The molecule has 2 aliphatic carbocycles. The molecule has 6 heteroatoms. The summed E-state index contributed by atoms with van der Waals surface area (Å²) in [6.45, 7) is 4.94. The van der Waals surface area contributed by atoms with Gasteiger partial charge < -0.3 is 10.1 Å². The predicted octanol–water partition coefficient (Wildman–Crippen LogP) is 4.30. The van der Waals surface area contributed by atoms with Gasteiger partial charge in [0.1, 0.15) is 0 Å². The number of hydrogen-bond donors (Lipinski definition) is 1. The Hall–Kier alpha value is -2.63. The Balaban J connectivity index is 1.58. The molecule has 2 atom stereocenters. The van der Waals surface area contributed by atoms with Crippen LogP contribution in [0.3, 0.4) is 0 Å². The van der Waals surface area contributed by atoms with Gasteiger partial charge in [0.05, 0.1) is 19.1 Å². The third kappa shape index (κ3) is 5.05. The van der Waals surface area contributed by atoms with Crippen LogP contribution in [-0.4, -0.2) is 34.3 Å². The van der Waals surface area contributed by atoms with Crippen molar-refractivity contribution in [3.05, 3.63) is 52.8 Å². The number of hydrogen-bond acceptors (Lipinski definition) is 4. The molecule has 1 aromatic heterocycles. The number of nitrogens with zero attached hydrogens (tertiary/aromatic N) is 2. The molecule has 1 unspecified atom stereocenters. The van der Waals surface area contributed by atoms with Gasteiger partial charge in [-0.05, 0) is 57.4 Å². The molecule has 1 fully saturated rings. The topological polar surface area (TPSA) is 73.2 Å². The lowest BCUT2D eigenvalue weighted by atomic mass is 9.84. The monoisotopic (exact) mass is 437 g/mol. The van der Waals surface area contributed by atoms with Crippen LogP contribution in [0, 0.1) is 11.8 Å². The van der Waals surface area contributed by atoms with Crippen molar-refractivity contribution in [1.29, 1.82) is 0 Å². The lowest BCUT2D eigenvalue weighted by Gasteiger charge is -2.28. The fourth-order valence-corrected chi connectivity index (χ4v) is 5.25. The zero-order valence-corrected chi connectivity index (χ0v) is 19.3. The van der Waals surface area contributed by atoms with Crippen molar-refractivity contribution in [2.24, 2.45) is 11.8 Å². The molecule has 1 heterocycles. The summed E-state index contributed by atoms with van der Waals surface area (Å²) in [5.74, 6) is 0.0351. The molecule has 2 aliphatic rings. The number of ether oxygens (including phenoxy) is 1. The lowest BCUT2D eigenvalue weighted by Crippen LogP contribution is -2.39. The van der Waals surface area contributed by atoms with Crippen LogP contribution >= 0.6 is 0 Å². The predicted molar refractivity (Wildman–Crippen MR) is 123 cm³/mol. The van der Waals surface area contributed by atoms with Gasteiger partial charge in [-0.25, -0.2) is 0 Å². The van der Waals surface area contributed by atoms with Crippen molar-refractivity contribution >= 4 is 11.9 Å². The van der Waals surface area contributed by atoms with Gasteiger partial charge in [-0.3, -0.25) is 14.3 Å². The van der Waals surface area contributed by atoms with E-state index in [1.807, 2.05) is 29.8 Å². The van der Waals surface area contributed by atoms with Crippen molar-refractivity contribution in [1.82, 2.24) is 15.1 Å². The molecule has 0 radical (unpaired) electrons. The van der Waals surface area contributed by atoms with E-state index in [0.717, 1.165) is 29.7 Å². The van der Waals surface area contributed by atoms with Crippen molar-refractivity contribution in [2.75, 3.05) is 6.61 Å². The number of benzene rings is 1. The van der Waals surface area contributed by atoms with Gasteiger partial charge in [0, 0.05) is 17.3 Å². The fourth-order valence-electron chi connectivity index (χ4n) is 5.25. The summed E-state index contributed by atoms with van der Waals surface area (Å²) in [4.78, 5) is 25.8. The molecule has 0 spiro atoms. The third-order valence-corrected chi connectivity index (χ3v) is 7.07. The largest absolute Gasteiger partial charge is 0.466 e. The summed E-state index contributed by atoms with van der Waals surface area (Å²) < 4.78 is 7.24. The number of amides is 1. The molecule has 1 saturated carbocycles. The van der Waals surface area contributed by atoms with Gasteiger partial charge in [0.25, 0.3) is 5.91 Å². The molecule has 172 valence electrons. The Morgan fingerprint density at radius 1 is 1.16 bits per heavy atom. The lowest BCUT2D eigenvalue weighted by molar-refractivity contribution is -0.148. The van der Waals surface area contributed by atoms with Crippen molar-refractivity contribution in [3.63, 3.8) is 0 Å². The van der Waals surface area contributed by atoms with Gasteiger partial charge in [-0.15, -0.1) is 0 Å². The summed E-state index contributed by atoms with van der Waals surface area (Å²) in [7, 11) is 0. The minimum atomic E-state index is -0.209. The molecule has 6 nitrogen and oxygen atoms in total. The van der Waals surface area contributed by atoms with Crippen LogP contribution in [-0.2, 0) is 28.9 Å². The zero-order chi connectivity index (χ0) is 22.5. The number of nitrogens with one attached hydrogen (secondary N) is 1. The van der Waals surface area contributed by atoms with E-state index in [0.29, 0.717) is 31.2 Å². The number of rotatable bonds is 7. The summed E-state index contributed by atoms with van der Waals surface area (Å²) in [5, 5.41) is 8.01. The minimum Gasteiger partial charge on any atom is -0.466 e. The number of carbonyl (C=O) groups excluding carboxylic acids is 2. The standard InChI is InChI=1S/C26H35N3O3/c1-3-32-26(31)21-14-15-23-22(16-21)24(28-29(23)17-19-10-6-4-7-11-19)25(30)27-18(2)20-12-8-5-9-13-20/h4,6-7,10-11,18,20-21H,3,5,8-9,12-17H2,1-2H3,(H,27,30)/t18-,21?/m1/s1. The van der Waals surface area contributed by atoms with Gasteiger partial charge in [-0.2, -0.15) is 5.10 Å². The van der Waals surface area contributed by atoms with Crippen LogP contribution in [0.4, 0.5) is 0 Å². The SMILES string of the molecule is CCOC(=O)C1CCc2c(c(C(=O)N[C@H](C)C3CCCCC3)nn2Cc2ccccc2)C1. The van der Waals surface area contributed by atoms with E-state index >= 15 is 0 Å². The van der Waals surface area contributed by atoms with E-state index in [-0.39, 0.29) is 23.8 Å². The van der Waals surface area contributed by atoms with Crippen molar-refractivity contribution < 1.29 is 14.3 Å². The van der Waals surface area contributed by atoms with E-state index in [1.54, 1.807) is 0 Å². The van der Waals surface area contributed by atoms with Crippen LogP contribution in [0.25, 0.3) is 0 Å². The summed E-state index contributed by atoms with van der Waals surface area (Å²) >= 11 is 0. The van der Waals surface area contributed by atoms with E-state index < -0.39 is 0 Å². The molecule has 1 aromatic carbocycles.